The fraction of sp³-hybridized carbons (Fsp3) is 0. The average molecular weight is 334 g/mol. The van der Waals surface area contributed by atoms with Crippen molar-refractivity contribution in [2.75, 3.05) is 5.32 Å². The molecule has 3 aromatic carbocycles. The molecule has 0 saturated heterocycles. The molecule has 118 valence electrons. The first kappa shape index (κ1) is 16.0. The van der Waals surface area contributed by atoms with E-state index in [2.05, 4.69) is 5.32 Å². The van der Waals surface area contributed by atoms with E-state index in [0.29, 0.717) is 10.6 Å². The molecule has 0 aliphatic rings. The molecule has 2 nitrogen and oxygen atoms in total. The number of ketones is 1. The molecule has 0 atom stereocenters. The Bertz CT molecular complexity index is 857. The second-order valence-electron chi connectivity index (χ2n) is 5.26. The van der Waals surface area contributed by atoms with Crippen LogP contribution in [0.25, 0.3) is 5.70 Å². The van der Waals surface area contributed by atoms with Gasteiger partial charge in [-0.1, -0.05) is 72.3 Å². The van der Waals surface area contributed by atoms with Gasteiger partial charge in [-0.3, -0.25) is 4.79 Å². The summed E-state index contributed by atoms with van der Waals surface area (Å²) < 4.78 is 0. The van der Waals surface area contributed by atoms with Crippen molar-refractivity contribution in [1.29, 1.82) is 0 Å². The van der Waals surface area contributed by atoms with Crippen LogP contribution >= 0.6 is 11.6 Å². The lowest BCUT2D eigenvalue weighted by Crippen LogP contribution is -2.04. The van der Waals surface area contributed by atoms with Gasteiger partial charge in [0.05, 0.1) is 5.02 Å². The Labute approximate surface area is 146 Å². The van der Waals surface area contributed by atoms with Crippen LogP contribution in [0.3, 0.4) is 0 Å². The van der Waals surface area contributed by atoms with Crippen LogP contribution in [0, 0.1) is 0 Å². The van der Waals surface area contributed by atoms with Crippen molar-refractivity contribution in [3.05, 3.63) is 107 Å². The summed E-state index contributed by atoms with van der Waals surface area (Å²) in [5, 5.41) is 3.76. The Morgan fingerprint density at radius 2 is 1.38 bits per heavy atom. The molecule has 0 heterocycles. The average Bonchev–Trinajstić information content (AvgIpc) is 2.63. The molecule has 0 bridgehead atoms. The van der Waals surface area contributed by atoms with Gasteiger partial charge in [0.15, 0.2) is 5.78 Å². The highest BCUT2D eigenvalue weighted by Gasteiger charge is 2.10. The van der Waals surface area contributed by atoms with Crippen molar-refractivity contribution in [2.24, 2.45) is 0 Å². The maximum absolute atomic E-state index is 12.6. The molecule has 0 radical (unpaired) electrons. The SMILES string of the molecule is O=C(/C=C(\Nc1ccccc1)c1ccccc1)c1ccccc1Cl. The van der Waals surface area contributed by atoms with Gasteiger partial charge in [0.1, 0.15) is 0 Å². The second-order valence-corrected chi connectivity index (χ2v) is 5.67. The highest BCUT2D eigenvalue weighted by molar-refractivity contribution is 6.34. The van der Waals surface area contributed by atoms with Gasteiger partial charge in [-0.05, 0) is 29.8 Å². The van der Waals surface area contributed by atoms with E-state index in [4.69, 9.17) is 11.6 Å². The molecule has 0 spiro atoms. The van der Waals surface area contributed by atoms with Crippen LogP contribution in [0.4, 0.5) is 5.69 Å². The van der Waals surface area contributed by atoms with Gasteiger partial charge in [-0.25, -0.2) is 0 Å². The van der Waals surface area contributed by atoms with Gasteiger partial charge >= 0.3 is 0 Å². The summed E-state index contributed by atoms with van der Waals surface area (Å²) in [7, 11) is 0. The zero-order valence-electron chi connectivity index (χ0n) is 12.9. The predicted octanol–water partition coefficient (Wildman–Crippen LogP) is 5.68. The number of carbonyl (C=O) groups is 1. The molecule has 24 heavy (non-hydrogen) atoms. The molecule has 3 aromatic rings. The molecule has 0 fully saturated rings. The minimum absolute atomic E-state index is 0.136. The van der Waals surface area contributed by atoms with Gasteiger partial charge < -0.3 is 5.32 Å². The van der Waals surface area contributed by atoms with E-state index in [0.717, 1.165) is 16.9 Å². The van der Waals surface area contributed by atoms with Crippen LogP contribution in [0.5, 0.6) is 0 Å². The third-order valence-electron chi connectivity index (χ3n) is 3.55. The summed E-state index contributed by atoms with van der Waals surface area (Å²) in [6.45, 7) is 0. The molecule has 0 aromatic heterocycles. The van der Waals surface area contributed by atoms with E-state index in [1.54, 1.807) is 24.3 Å². The number of allylic oxidation sites excluding steroid dienone is 1. The second kappa shape index (κ2) is 7.62. The number of para-hydroxylation sites is 1. The van der Waals surface area contributed by atoms with Crippen molar-refractivity contribution in [1.82, 2.24) is 0 Å². The summed E-state index contributed by atoms with van der Waals surface area (Å²) in [5.74, 6) is -0.136. The van der Waals surface area contributed by atoms with E-state index in [-0.39, 0.29) is 5.78 Å². The molecule has 0 amide bonds. The van der Waals surface area contributed by atoms with Gasteiger partial charge in [0.25, 0.3) is 0 Å². The van der Waals surface area contributed by atoms with Crippen LogP contribution in [0.15, 0.2) is 91.0 Å². The van der Waals surface area contributed by atoms with Crippen molar-refractivity contribution in [2.45, 2.75) is 0 Å². The molecular formula is C21H16ClNO. The largest absolute Gasteiger partial charge is 0.355 e. The third-order valence-corrected chi connectivity index (χ3v) is 3.88. The molecule has 1 N–H and O–H groups in total. The third kappa shape index (κ3) is 3.92. The molecule has 0 saturated carbocycles. The maximum Gasteiger partial charge on any atom is 0.189 e. The zero-order valence-corrected chi connectivity index (χ0v) is 13.7. The van der Waals surface area contributed by atoms with Crippen LogP contribution in [-0.4, -0.2) is 5.78 Å². The van der Waals surface area contributed by atoms with E-state index >= 15 is 0 Å². The van der Waals surface area contributed by atoms with Gasteiger partial charge in [-0.2, -0.15) is 0 Å². The van der Waals surface area contributed by atoms with Crippen LogP contribution in [-0.2, 0) is 0 Å². The number of benzene rings is 3. The molecule has 0 unspecified atom stereocenters. The topological polar surface area (TPSA) is 29.1 Å². The standard InChI is InChI=1S/C21H16ClNO/c22-19-14-8-7-13-18(19)21(24)15-20(16-9-3-1-4-10-16)23-17-11-5-2-6-12-17/h1-15,23H/b20-15-. The van der Waals surface area contributed by atoms with E-state index in [1.807, 2.05) is 66.7 Å². The Balaban J connectivity index is 1.98. The van der Waals surface area contributed by atoms with E-state index < -0.39 is 0 Å². The number of anilines is 1. The summed E-state index contributed by atoms with van der Waals surface area (Å²) >= 11 is 6.14. The highest BCUT2D eigenvalue weighted by atomic mass is 35.5. The smallest absolute Gasteiger partial charge is 0.189 e. The quantitative estimate of drug-likeness (QED) is 0.481. The summed E-state index contributed by atoms with van der Waals surface area (Å²) in [6.07, 6.45) is 1.59. The van der Waals surface area contributed by atoms with Crippen LogP contribution < -0.4 is 5.32 Å². The summed E-state index contributed by atoms with van der Waals surface area (Å²) in [4.78, 5) is 12.6. The first-order chi connectivity index (χ1) is 11.7. The number of nitrogens with one attached hydrogen (secondary N) is 1. The Hall–Kier alpha value is -2.84. The monoisotopic (exact) mass is 333 g/mol. The maximum atomic E-state index is 12.6. The first-order valence-corrected chi connectivity index (χ1v) is 8.00. The first-order valence-electron chi connectivity index (χ1n) is 7.62. The lowest BCUT2D eigenvalue weighted by molar-refractivity contribution is 0.104. The highest BCUT2D eigenvalue weighted by Crippen LogP contribution is 2.21. The fourth-order valence-corrected chi connectivity index (χ4v) is 2.59. The van der Waals surface area contributed by atoms with Crippen LogP contribution in [0.1, 0.15) is 15.9 Å². The predicted molar refractivity (Wildman–Crippen MR) is 100 cm³/mol. The Kier molecular flexibility index (Phi) is 5.09. The van der Waals surface area contributed by atoms with Crippen LogP contribution in [0.2, 0.25) is 5.02 Å². The van der Waals surface area contributed by atoms with E-state index in [1.165, 1.54) is 0 Å². The lowest BCUT2D eigenvalue weighted by Gasteiger charge is -2.12. The summed E-state index contributed by atoms with van der Waals surface area (Å²) in [5.41, 5.74) is 3.07. The normalized spacial score (nSPS) is 11.1. The van der Waals surface area contributed by atoms with Gasteiger partial charge in [0, 0.05) is 23.0 Å². The van der Waals surface area contributed by atoms with Crippen molar-refractivity contribution >= 4 is 28.8 Å². The van der Waals surface area contributed by atoms with E-state index in [9.17, 15) is 4.79 Å². The lowest BCUT2D eigenvalue weighted by atomic mass is 10.1. The number of rotatable bonds is 5. The molecule has 3 rings (SSSR count). The Morgan fingerprint density at radius 3 is 2.04 bits per heavy atom. The van der Waals surface area contributed by atoms with Gasteiger partial charge in [-0.15, -0.1) is 0 Å². The molecule has 0 aliphatic heterocycles. The number of halogens is 1. The van der Waals surface area contributed by atoms with Gasteiger partial charge in [0.2, 0.25) is 0 Å². The summed E-state index contributed by atoms with van der Waals surface area (Å²) in [6, 6.07) is 26.6. The number of carbonyl (C=O) groups excluding carboxylic acids is 1. The number of hydrogen-bond acceptors (Lipinski definition) is 2. The molecular weight excluding hydrogens is 318 g/mol. The minimum atomic E-state index is -0.136. The minimum Gasteiger partial charge on any atom is -0.355 e. The van der Waals surface area contributed by atoms with Crippen molar-refractivity contribution < 1.29 is 4.79 Å². The fourth-order valence-electron chi connectivity index (χ4n) is 2.36. The van der Waals surface area contributed by atoms with Crippen molar-refractivity contribution in [3.8, 4) is 0 Å². The Morgan fingerprint density at radius 1 is 0.792 bits per heavy atom. The van der Waals surface area contributed by atoms with Crippen molar-refractivity contribution in [3.63, 3.8) is 0 Å². The molecule has 0 aliphatic carbocycles. The molecule has 3 heteroatoms. The number of hydrogen-bond donors (Lipinski definition) is 1. The zero-order chi connectivity index (χ0) is 16.8.